The van der Waals surface area contributed by atoms with Crippen LogP contribution in [0.4, 0.5) is 4.79 Å². The minimum absolute atomic E-state index is 0.0302. The van der Waals surface area contributed by atoms with Gasteiger partial charge < -0.3 is 10.2 Å². The molecular weight excluding hydrogens is 480 g/mol. The summed E-state index contributed by atoms with van der Waals surface area (Å²) in [6.45, 7) is 13.4. The Morgan fingerprint density at radius 2 is 1.54 bits per heavy atom. The zero-order chi connectivity index (χ0) is 27.9. The van der Waals surface area contributed by atoms with E-state index >= 15 is 0 Å². The second-order valence-corrected chi connectivity index (χ2v) is 13.1. The van der Waals surface area contributed by atoms with Gasteiger partial charge in [-0.3, -0.25) is 4.79 Å². The van der Waals surface area contributed by atoms with Crippen LogP contribution in [0.2, 0.25) is 0 Å². The molecule has 0 spiro atoms. The molecule has 4 nitrogen and oxygen atoms in total. The van der Waals surface area contributed by atoms with Crippen molar-refractivity contribution in [3.8, 4) is 0 Å². The van der Waals surface area contributed by atoms with Crippen molar-refractivity contribution in [3.63, 3.8) is 0 Å². The molecule has 1 unspecified atom stereocenters. The summed E-state index contributed by atoms with van der Waals surface area (Å²) in [6, 6.07) is 25.3. The monoisotopic (exact) mass is 522 g/mol. The van der Waals surface area contributed by atoms with Gasteiger partial charge in [0.25, 0.3) is 0 Å². The van der Waals surface area contributed by atoms with Crippen molar-refractivity contribution in [3.05, 3.63) is 106 Å². The molecule has 5 rings (SSSR count). The summed E-state index contributed by atoms with van der Waals surface area (Å²) in [4.78, 5) is 29.0. The highest BCUT2D eigenvalue weighted by Crippen LogP contribution is 2.48. The fraction of sp³-hybridized carbons (Fsp3) is 0.429. The first-order valence-corrected chi connectivity index (χ1v) is 14.3. The number of rotatable bonds is 5. The Kier molecular flexibility index (Phi) is 7.17. The van der Waals surface area contributed by atoms with Gasteiger partial charge in [0, 0.05) is 24.1 Å². The van der Waals surface area contributed by atoms with E-state index in [0.29, 0.717) is 0 Å². The minimum Gasteiger partial charge on any atom is -0.331 e. The molecule has 3 aromatic rings. The number of nitrogens with zero attached hydrogens (tertiary/aromatic N) is 1. The molecule has 1 aliphatic carbocycles. The summed E-state index contributed by atoms with van der Waals surface area (Å²) in [6.07, 6.45) is 2.72. The van der Waals surface area contributed by atoms with Gasteiger partial charge in [-0.2, -0.15) is 0 Å². The molecule has 3 aromatic carbocycles. The zero-order valence-electron chi connectivity index (χ0n) is 24.3. The van der Waals surface area contributed by atoms with Crippen molar-refractivity contribution in [2.24, 2.45) is 0 Å². The van der Waals surface area contributed by atoms with Gasteiger partial charge in [0.05, 0.1) is 6.04 Å². The van der Waals surface area contributed by atoms with Crippen LogP contribution >= 0.6 is 0 Å². The molecule has 1 fully saturated rings. The van der Waals surface area contributed by atoms with Crippen molar-refractivity contribution >= 4 is 11.8 Å². The number of benzene rings is 3. The second-order valence-electron chi connectivity index (χ2n) is 13.1. The summed E-state index contributed by atoms with van der Waals surface area (Å²) in [5.41, 5.74) is 6.37. The molecule has 0 aromatic heterocycles. The third kappa shape index (κ3) is 5.26. The maximum Gasteiger partial charge on any atom is 0.318 e. The Balaban J connectivity index is 1.48. The zero-order valence-corrected chi connectivity index (χ0v) is 24.3. The Morgan fingerprint density at radius 1 is 0.949 bits per heavy atom. The van der Waals surface area contributed by atoms with E-state index in [-0.39, 0.29) is 40.6 Å². The third-order valence-electron chi connectivity index (χ3n) is 8.78. The quantitative estimate of drug-likeness (QED) is 0.346. The van der Waals surface area contributed by atoms with E-state index < -0.39 is 0 Å². The van der Waals surface area contributed by atoms with Crippen molar-refractivity contribution in [1.82, 2.24) is 10.2 Å². The van der Waals surface area contributed by atoms with Crippen LogP contribution in [0.25, 0.3) is 0 Å². The number of hydrogen-bond donors (Lipinski definition) is 1. The molecule has 1 aliphatic heterocycles. The predicted octanol–water partition coefficient (Wildman–Crippen LogP) is 7.92. The summed E-state index contributed by atoms with van der Waals surface area (Å²) in [5, 5.41) is 3.41. The lowest BCUT2D eigenvalue weighted by atomic mass is 9.79. The van der Waals surface area contributed by atoms with Crippen LogP contribution in [-0.2, 0) is 10.8 Å². The molecule has 204 valence electrons. The standard InChI is InChI=1S/C35H42N2O2/c1-23(38)27-20-26(34(2,3)4)21-28-32(27)29(22-35(28,5)6)36-33(39)37-19-13-18-30(37)31(24-14-9-7-10-15-24)25-16-11-8-12-17-25/h7-12,14-17,20-21,29-31H,13,18-19,22H2,1-6H3,(H,36,39)/t29?,30-/m0/s1. The fourth-order valence-electron chi connectivity index (χ4n) is 6.74. The molecule has 0 bridgehead atoms. The van der Waals surface area contributed by atoms with E-state index in [2.05, 4.69) is 101 Å². The van der Waals surface area contributed by atoms with E-state index in [1.807, 2.05) is 17.0 Å². The average molecular weight is 523 g/mol. The van der Waals surface area contributed by atoms with E-state index in [1.54, 1.807) is 6.92 Å². The summed E-state index contributed by atoms with van der Waals surface area (Å²) >= 11 is 0. The smallest absolute Gasteiger partial charge is 0.318 e. The Labute approximate surface area is 233 Å². The highest BCUT2D eigenvalue weighted by atomic mass is 16.2. The molecular formula is C35H42N2O2. The van der Waals surface area contributed by atoms with Crippen molar-refractivity contribution in [1.29, 1.82) is 0 Å². The number of likely N-dealkylation sites (tertiary alicyclic amines) is 1. The fourth-order valence-corrected chi connectivity index (χ4v) is 6.74. The van der Waals surface area contributed by atoms with Crippen molar-refractivity contribution in [2.45, 2.75) is 89.6 Å². The molecule has 2 aliphatic rings. The lowest BCUT2D eigenvalue weighted by Gasteiger charge is -2.33. The molecule has 0 radical (unpaired) electrons. The highest BCUT2D eigenvalue weighted by Gasteiger charge is 2.43. The highest BCUT2D eigenvalue weighted by molar-refractivity contribution is 5.97. The van der Waals surface area contributed by atoms with E-state index in [9.17, 15) is 9.59 Å². The Morgan fingerprint density at radius 3 is 2.08 bits per heavy atom. The van der Waals surface area contributed by atoms with Gasteiger partial charge in [-0.05, 0) is 70.9 Å². The van der Waals surface area contributed by atoms with E-state index in [4.69, 9.17) is 0 Å². The van der Waals surface area contributed by atoms with E-state index in [0.717, 1.165) is 36.9 Å². The molecule has 1 heterocycles. The van der Waals surface area contributed by atoms with E-state index in [1.165, 1.54) is 22.3 Å². The van der Waals surface area contributed by atoms with Crippen LogP contribution in [0.3, 0.4) is 0 Å². The number of Topliss-reactive ketones (excluding diaryl/α,β-unsaturated/α-hetero) is 1. The van der Waals surface area contributed by atoms with Crippen LogP contribution in [-0.4, -0.2) is 29.3 Å². The first-order chi connectivity index (χ1) is 18.5. The average Bonchev–Trinajstić information content (AvgIpc) is 3.47. The molecule has 2 atom stereocenters. The molecule has 1 saturated heterocycles. The van der Waals surface area contributed by atoms with Gasteiger partial charge in [0.15, 0.2) is 5.78 Å². The number of carbonyl (C=O) groups is 2. The maximum atomic E-state index is 14.0. The van der Waals surface area contributed by atoms with Crippen LogP contribution in [0.5, 0.6) is 0 Å². The number of fused-ring (bicyclic) bond motifs is 1. The van der Waals surface area contributed by atoms with Crippen LogP contribution < -0.4 is 5.32 Å². The Bertz CT molecular complexity index is 1320. The normalized spacial score (nSPS) is 20.2. The third-order valence-corrected chi connectivity index (χ3v) is 8.78. The number of amides is 2. The first kappa shape index (κ1) is 27.2. The van der Waals surface area contributed by atoms with Crippen LogP contribution in [0, 0.1) is 0 Å². The van der Waals surface area contributed by atoms with Crippen LogP contribution in [0.1, 0.15) is 111 Å². The van der Waals surface area contributed by atoms with Crippen molar-refractivity contribution < 1.29 is 9.59 Å². The Hall–Kier alpha value is -3.40. The lowest BCUT2D eigenvalue weighted by Crippen LogP contribution is -2.46. The lowest BCUT2D eigenvalue weighted by molar-refractivity contribution is 0.101. The second kappa shape index (κ2) is 10.3. The number of ketones is 1. The predicted molar refractivity (Wildman–Crippen MR) is 159 cm³/mol. The van der Waals surface area contributed by atoms with Gasteiger partial charge in [0.1, 0.15) is 0 Å². The number of hydrogen-bond acceptors (Lipinski definition) is 2. The van der Waals surface area contributed by atoms with Gasteiger partial charge in [0.2, 0.25) is 0 Å². The van der Waals surface area contributed by atoms with Gasteiger partial charge in [-0.25, -0.2) is 4.79 Å². The van der Waals surface area contributed by atoms with Crippen LogP contribution in [0.15, 0.2) is 72.8 Å². The SMILES string of the molecule is CC(=O)c1cc(C(C)(C)C)cc2c1C(NC(=O)N1CCC[C@H]1C(c1ccccc1)c1ccccc1)CC2(C)C. The van der Waals surface area contributed by atoms with Gasteiger partial charge >= 0.3 is 6.03 Å². The summed E-state index contributed by atoms with van der Waals surface area (Å²) in [5.74, 6) is 0.164. The number of carbonyl (C=O) groups excluding carboxylic acids is 2. The molecule has 1 N–H and O–H groups in total. The largest absolute Gasteiger partial charge is 0.331 e. The van der Waals surface area contributed by atoms with Gasteiger partial charge in [-0.1, -0.05) is 101 Å². The number of urea groups is 1. The minimum atomic E-state index is -0.191. The molecule has 2 amide bonds. The summed E-state index contributed by atoms with van der Waals surface area (Å²) in [7, 11) is 0. The molecule has 4 heteroatoms. The maximum absolute atomic E-state index is 14.0. The topological polar surface area (TPSA) is 49.4 Å². The molecule has 39 heavy (non-hydrogen) atoms. The van der Waals surface area contributed by atoms with Gasteiger partial charge in [-0.15, -0.1) is 0 Å². The first-order valence-electron chi connectivity index (χ1n) is 14.3. The van der Waals surface area contributed by atoms with Crippen molar-refractivity contribution in [2.75, 3.05) is 6.54 Å². The number of nitrogens with one attached hydrogen (secondary N) is 1. The summed E-state index contributed by atoms with van der Waals surface area (Å²) < 4.78 is 0. The molecule has 0 saturated carbocycles.